The maximum atomic E-state index is 13.1. The van der Waals surface area contributed by atoms with Gasteiger partial charge < -0.3 is 14.6 Å². The maximum absolute atomic E-state index is 13.1. The molecule has 1 saturated carbocycles. The molecule has 2 amide bonds. The van der Waals surface area contributed by atoms with Gasteiger partial charge in [0.05, 0.1) is 35.8 Å². The first kappa shape index (κ1) is 23.3. The van der Waals surface area contributed by atoms with Gasteiger partial charge in [0, 0.05) is 0 Å². The van der Waals surface area contributed by atoms with Crippen LogP contribution in [0.25, 0.3) is 0 Å². The van der Waals surface area contributed by atoms with Gasteiger partial charge in [-0.1, -0.05) is 55.7 Å². The first-order chi connectivity index (χ1) is 14.1. The van der Waals surface area contributed by atoms with Crippen LogP contribution in [0.1, 0.15) is 74.8 Å². The average molecular weight is 432 g/mol. The van der Waals surface area contributed by atoms with Gasteiger partial charge in [-0.2, -0.15) is 0 Å². The minimum absolute atomic E-state index is 0. The van der Waals surface area contributed by atoms with E-state index in [0.29, 0.717) is 0 Å². The first-order valence-electron chi connectivity index (χ1n) is 9.96. The van der Waals surface area contributed by atoms with Crippen LogP contribution in [-0.4, -0.2) is 35.4 Å². The SMILES string of the molecule is O=C([O-])c1ccc2c(c1)C(=O)N([C@H](COC1CCCCC1)c1ccccc1)C2=O.[K+]. The van der Waals surface area contributed by atoms with Gasteiger partial charge in [0.2, 0.25) is 0 Å². The summed E-state index contributed by atoms with van der Waals surface area (Å²) < 4.78 is 6.12. The minimum Gasteiger partial charge on any atom is -0.545 e. The van der Waals surface area contributed by atoms with Crippen LogP contribution in [0.5, 0.6) is 0 Å². The molecule has 2 aromatic rings. The molecule has 1 heterocycles. The van der Waals surface area contributed by atoms with Gasteiger partial charge >= 0.3 is 51.4 Å². The molecule has 2 aromatic carbocycles. The molecule has 30 heavy (non-hydrogen) atoms. The summed E-state index contributed by atoms with van der Waals surface area (Å²) in [6, 6.07) is 12.6. The van der Waals surface area contributed by atoms with E-state index >= 15 is 0 Å². The minimum atomic E-state index is -1.38. The predicted molar refractivity (Wildman–Crippen MR) is 103 cm³/mol. The number of carboxylic acid groups (broad SMARTS) is 1. The number of benzene rings is 2. The summed E-state index contributed by atoms with van der Waals surface area (Å²) in [5, 5.41) is 11.2. The summed E-state index contributed by atoms with van der Waals surface area (Å²) in [6.45, 7) is 0.216. The number of fused-ring (bicyclic) bond motifs is 1. The Balaban J connectivity index is 0.00000256. The van der Waals surface area contributed by atoms with E-state index < -0.39 is 23.8 Å². The molecule has 2 aliphatic rings. The zero-order chi connectivity index (χ0) is 20.4. The number of hydrogen-bond donors (Lipinski definition) is 0. The Labute approximate surface area is 218 Å². The average Bonchev–Trinajstić information content (AvgIpc) is 3.00. The Morgan fingerprint density at radius 1 is 1.00 bits per heavy atom. The van der Waals surface area contributed by atoms with Gasteiger partial charge in [-0.3, -0.25) is 14.5 Å². The molecule has 1 aliphatic heterocycles. The number of imide groups is 1. The number of ether oxygens (including phenoxy) is 1. The molecule has 1 fully saturated rings. The van der Waals surface area contributed by atoms with Crippen LogP contribution in [0.3, 0.4) is 0 Å². The number of rotatable bonds is 6. The van der Waals surface area contributed by atoms with E-state index in [1.165, 1.54) is 29.5 Å². The summed E-state index contributed by atoms with van der Waals surface area (Å²) in [4.78, 5) is 38.5. The fourth-order valence-electron chi connectivity index (χ4n) is 4.12. The Kier molecular flexibility index (Phi) is 8.01. The molecule has 0 radical (unpaired) electrons. The molecular formula is C23H22KNO5. The molecule has 7 heteroatoms. The second-order valence-electron chi connectivity index (χ2n) is 7.55. The number of carbonyl (C=O) groups is 3. The van der Waals surface area contributed by atoms with Crippen LogP contribution in [0, 0.1) is 0 Å². The van der Waals surface area contributed by atoms with Gasteiger partial charge in [-0.15, -0.1) is 0 Å². The molecule has 4 rings (SSSR count). The van der Waals surface area contributed by atoms with Crippen molar-refractivity contribution in [3.63, 3.8) is 0 Å². The second kappa shape index (κ2) is 10.3. The maximum Gasteiger partial charge on any atom is 1.00 e. The third kappa shape index (κ3) is 4.77. The number of carboxylic acids is 1. The van der Waals surface area contributed by atoms with E-state index in [0.717, 1.165) is 31.2 Å². The number of nitrogens with zero attached hydrogens (tertiary/aromatic N) is 1. The molecule has 0 N–H and O–H groups in total. The Morgan fingerprint density at radius 3 is 2.33 bits per heavy atom. The van der Waals surface area contributed by atoms with Crippen LogP contribution < -0.4 is 56.5 Å². The van der Waals surface area contributed by atoms with Gasteiger partial charge in [0.15, 0.2) is 0 Å². The molecule has 0 spiro atoms. The summed E-state index contributed by atoms with van der Waals surface area (Å²) in [7, 11) is 0. The predicted octanol–water partition coefficient (Wildman–Crippen LogP) is -0.259. The molecule has 1 atom stereocenters. The quantitative estimate of drug-likeness (QED) is 0.465. The van der Waals surface area contributed by atoms with Crippen LogP contribution in [0.15, 0.2) is 48.5 Å². The molecule has 0 aromatic heterocycles. The van der Waals surface area contributed by atoms with Crippen molar-refractivity contribution < 1.29 is 75.6 Å². The van der Waals surface area contributed by atoms with Crippen molar-refractivity contribution in [3.8, 4) is 0 Å². The summed E-state index contributed by atoms with van der Waals surface area (Å²) >= 11 is 0. The molecule has 150 valence electrons. The smallest absolute Gasteiger partial charge is 0.545 e. The largest absolute Gasteiger partial charge is 1.00 e. The molecule has 0 saturated heterocycles. The molecule has 6 nitrogen and oxygen atoms in total. The number of carbonyl (C=O) groups excluding carboxylic acids is 3. The fraction of sp³-hybridized carbons (Fsp3) is 0.348. The van der Waals surface area contributed by atoms with E-state index in [2.05, 4.69) is 0 Å². The van der Waals surface area contributed by atoms with Crippen molar-refractivity contribution in [2.45, 2.75) is 44.2 Å². The first-order valence-corrected chi connectivity index (χ1v) is 9.96. The van der Waals surface area contributed by atoms with E-state index in [9.17, 15) is 19.5 Å². The normalized spacial score (nSPS) is 17.4. The Bertz CT molecular complexity index is 940. The van der Waals surface area contributed by atoms with Gasteiger partial charge in [0.1, 0.15) is 0 Å². The van der Waals surface area contributed by atoms with Crippen LogP contribution >= 0.6 is 0 Å². The van der Waals surface area contributed by atoms with E-state index in [1.54, 1.807) is 0 Å². The third-order valence-electron chi connectivity index (χ3n) is 5.69. The van der Waals surface area contributed by atoms with Crippen molar-refractivity contribution >= 4 is 17.8 Å². The Morgan fingerprint density at radius 2 is 1.67 bits per heavy atom. The van der Waals surface area contributed by atoms with Crippen LogP contribution in [0.4, 0.5) is 0 Å². The zero-order valence-corrected chi connectivity index (χ0v) is 20.1. The van der Waals surface area contributed by atoms with Gasteiger partial charge in [-0.05, 0) is 36.1 Å². The standard InChI is InChI=1S/C23H23NO5.K/c25-21-18-12-11-16(23(27)28)13-19(18)22(26)24(21)20(15-7-3-1-4-8-15)14-29-17-9-5-2-6-10-17;/h1,3-4,7-8,11-13,17,20H,2,5-6,9-10,14H2,(H,27,28);/q;+1/p-1/t20-;/m1./s1. The molecule has 0 unspecified atom stereocenters. The fourth-order valence-corrected chi connectivity index (χ4v) is 4.12. The molecule has 0 bridgehead atoms. The van der Waals surface area contributed by atoms with Crippen molar-refractivity contribution in [2.75, 3.05) is 6.61 Å². The zero-order valence-electron chi connectivity index (χ0n) is 17.0. The summed E-state index contributed by atoms with van der Waals surface area (Å²) in [6.07, 6.45) is 5.56. The molecular weight excluding hydrogens is 409 g/mol. The van der Waals surface area contributed by atoms with Crippen LogP contribution in [-0.2, 0) is 4.74 Å². The summed E-state index contributed by atoms with van der Waals surface area (Å²) in [5.74, 6) is -2.32. The summed E-state index contributed by atoms with van der Waals surface area (Å²) in [5.41, 5.74) is 0.980. The van der Waals surface area contributed by atoms with E-state index in [4.69, 9.17) is 4.74 Å². The molecule has 1 aliphatic carbocycles. The van der Waals surface area contributed by atoms with Crippen LogP contribution in [0.2, 0.25) is 0 Å². The number of aromatic carboxylic acids is 1. The van der Waals surface area contributed by atoms with E-state index in [1.807, 2.05) is 30.3 Å². The van der Waals surface area contributed by atoms with Crippen molar-refractivity contribution in [2.24, 2.45) is 0 Å². The second-order valence-corrected chi connectivity index (χ2v) is 7.55. The van der Waals surface area contributed by atoms with Crippen molar-refractivity contribution in [3.05, 3.63) is 70.8 Å². The third-order valence-corrected chi connectivity index (χ3v) is 5.69. The topological polar surface area (TPSA) is 86.7 Å². The number of hydrogen-bond acceptors (Lipinski definition) is 5. The van der Waals surface area contributed by atoms with E-state index in [-0.39, 0.29) is 80.8 Å². The number of amides is 2. The van der Waals surface area contributed by atoms with Gasteiger partial charge in [0.25, 0.3) is 11.8 Å². The van der Waals surface area contributed by atoms with Crippen molar-refractivity contribution in [1.29, 1.82) is 0 Å². The Hall–Kier alpha value is -1.35. The van der Waals surface area contributed by atoms with Gasteiger partial charge in [-0.25, -0.2) is 0 Å². The monoisotopic (exact) mass is 431 g/mol. The van der Waals surface area contributed by atoms with Crippen molar-refractivity contribution in [1.82, 2.24) is 4.90 Å².